The van der Waals surface area contributed by atoms with Gasteiger partial charge in [0.15, 0.2) is 0 Å². The van der Waals surface area contributed by atoms with E-state index in [4.69, 9.17) is 9.15 Å². The highest BCUT2D eigenvalue weighted by molar-refractivity contribution is 5.88. The fraction of sp³-hybridized carbons (Fsp3) is 0.200. The lowest BCUT2D eigenvalue weighted by molar-refractivity contribution is -0.134. The third-order valence-corrected chi connectivity index (χ3v) is 2.56. The SMILES string of the molecule is CC(=O)Nc1ccc(OC(=O)CCc2ccco2)cc1. The molecule has 1 N–H and O–H groups in total. The summed E-state index contributed by atoms with van der Waals surface area (Å²) in [6.07, 6.45) is 2.33. The topological polar surface area (TPSA) is 68.5 Å². The van der Waals surface area contributed by atoms with Crippen molar-refractivity contribution in [2.24, 2.45) is 0 Å². The van der Waals surface area contributed by atoms with E-state index in [0.29, 0.717) is 17.9 Å². The highest BCUT2D eigenvalue weighted by atomic mass is 16.5. The standard InChI is InChI=1S/C15H15NO4/c1-11(17)16-12-4-6-14(7-5-12)20-15(18)9-8-13-3-2-10-19-13/h2-7,10H,8-9H2,1H3,(H,16,17). The molecule has 20 heavy (non-hydrogen) atoms. The number of anilines is 1. The maximum absolute atomic E-state index is 11.6. The molecule has 0 aliphatic carbocycles. The van der Waals surface area contributed by atoms with Crippen molar-refractivity contribution in [3.63, 3.8) is 0 Å². The number of hydrogen-bond donors (Lipinski definition) is 1. The van der Waals surface area contributed by atoms with E-state index in [1.807, 2.05) is 6.07 Å². The quantitative estimate of drug-likeness (QED) is 0.672. The number of rotatable bonds is 5. The maximum atomic E-state index is 11.6. The van der Waals surface area contributed by atoms with E-state index in [9.17, 15) is 9.59 Å². The highest BCUT2D eigenvalue weighted by Crippen LogP contribution is 2.16. The number of benzene rings is 1. The first-order chi connectivity index (χ1) is 9.63. The Labute approximate surface area is 116 Å². The molecule has 0 unspecified atom stereocenters. The molecule has 0 radical (unpaired) electrons. The van der Waals surface area contributed by atoms with Crippen molar-refractivity contribution in [1.29, 1.82) is 0 Å². The molecule has 104 valence electrons. The van der Waals surface area contributed by atoms with Gasteiger partial charge in [0.05, 0.1) is 12.7 Å². The van der Waals surface area contributed by atoms with E-state index in [1.54, 1.807) is 36.6 Å². The van der Waals surface area contributed by atoms with Crippen LogP contribution in [0.2, 0.25) is 0 Å². The number of carbonyl (C=O) groups excluding carboxylic acids is 2. The van der Waals surface area contributed by atoms with Crippen LogP contribution >= 0.6 is 0 Å². The van der Waals surface area contributed by atoms with Gasteiger partial charge in [-0.3, -0.25) is 9.59 Å². The summed E-state index contributed by atoms with van der Waals surface area (Å²) in [7, 11) is 0. The third kappa shape index (κ3) is 4.28. The second kappa shape index (κ2) is 6.56. The number of aryl methyl sites for hydroxylation is 1. The molecule has 0 saturated heterocycles. The summed E-state index contributed by atoms with van der Waals surface area (Å²) in [5.41, 5.74) is 0.660. The van der Waals surface area contributed by atoms with Gasteiger partial charge in [-0.05, 0) is 36.4 Å². The number of amides is 1. The molecule has 5 heteroatoms. The van der Waals surface area contributed by atoms with Crippen molar-refractivity contribution in [3.8, 4) is 5.75 Å². The second-order valence-corrected chi connectivity index (χ2v) is 4.26. The lowest BCUT2D eigenvalue weighted by Gasteiger charge is -2.05. The van der Waals surface area contributed by atoms with E-state index < -0.39 is 0 Å². The van der Waals surface area contributed by atoms with E-state index in [2.05, 4.69) is 5.32 Å². The van der Waals surface area contributed by atoms with Crippen molar-refractivity contribution in [2.45, 2.75) is 19.8 Å². The first kappa shape index (κ1) is 13.9. The second-order valence-electron chi connectivity index (χ2n) is 4.26. The summed E-state index contributed by atoms with van der Waals surface area (Å²) in [5.74, 6) is 0.730. The van der Waals surface area contributed by atoms with Gasteiger partial charge in [-0.25, -0.2) is 0 Å². The van der Waals surface area contributed by atoms with Gasteiger partial charge in [0.2, 0.25) is 5.91 Å². The van der Waals surface area contributed by atoms with Crippen LogP contribution in [0.3, 0.4) is 0 Å². The van der Waals surface area contributed by atoms with Crippen molar-refractivity contribution in [3.05, 3.63) is 48.4 Å². The molecular formula is C15H15NO4. The van der Waals surface area contributed by atoms with Crippen LogP contribution < -0.4 is 10.1 Å². The van der Waals surface area contributed by atoms with E-state index in [0.717, 1.165) is 5.76 Å². The van der Waals surface area contributed by atoms with E-state index >= 15 is 0 Å². The summed E-state index contributed by atoms with van der Waals surface area (Å²) in [6.45, 7) is 1.43. The average molecular weight is 273 g/mol. The van der Waals surface area contributed by atoms with Crippen LogP contribution in [0.5, 0.6) is 5.75 Å². The molecule has 0 bridgehead atoms. The number of ether oxygens (including phenoxy) is 1. The lowest BCUT2D eigenvalue weighted by atomic mass is 10.2. The summed E-state index contributed by atoms with van der Waals surface area (Å²) in [5, 5.41) is 2.64. The monoisotopic (exact) mass is 273 g/mol. The van der Waals surface area contributed by atoms with Crippen LogP contribution in [0.25, 0.3) is 0 Å². The fourth-order valence-electron chi connectivity index (χ4n) is 1.67. The van der Waals surface area contributed by atoms with Gasteiger partial charge in [-0.1, -0.05) is 0 Å². The predicted molar refractivity (Wildman–Crippen MR) is 73.4 cm³/mol. The summed E-state index contributed by atoms with van der Waals surface area (Å²) in [6, 6.07) is 10.2. The molecule has 0 spiro atoms. The van der Waals surface area contributed by atoms with Gasteiger partial charge in [0.25, 0.3) is 0 Å². The third-order valence-electron chi connectivity index (χ3n) is 2.56. The molecule has 5 nitrogen and oxygen atoms in total. The molecule has 0 fully saturated rings. The minimum Gasteiger partial charge on any atom is -0.469 e. The van der Waals surface area contributed by atoms with Crippen LogP contribution in [0.1, 0.15) is 19.1 Å². The number of carbonyl (C=O) groups is 2. The summed E-state index contributed by atoms with van der Waals surface area (Å²) >= 11 is 0. The number of furan rings is 1. The summed E-state index contributed by atoms with van der Waals surface area (Å²) in [4.78, 5) is 22.5. The number of esters is 1. The fourth-order valence-corrected chi connectivity index (χ4v) is 1.67. The molecule has 0 atom stereocenters. The zero-order valence-corrected chi connectivity index (χ0v) is 11.1. The Balaban J connectivity index is 1.83. The molecule has 2 rings (SSSR count). The van der Waals surface area contributed by atoms with Gasteiger partial charge in [-0.2, -0.15) is 0 Å². The molecule has 1 aromatic heterocycles. The molecule has 2 aromatic rings. The number of nitrogens with one attached hydrogen (secondary N) is 1. The Kier molecular flexibility index (Phi) is 4.55. The molecule has 1 heterocycles. The molecule has 0 aliphatic heterocycles. The molecule has 0 saturated carbocycles. The van der Waals surface area contributed by atoms with Crippen LogP contribution in [0.4, 0.5) is 5.69 Å². The lowest BCUT2D eigenvalue weighted by Crippen LogP contribution is -2.09. The van der Waals surface area contributed by atoms with Gasteiger partial charge in [-0.15, -0.1) is 0 Å². The van der Waals surface area contributed by atoms with Crippen molar-refractivity contribution < 1.29 is 18.7 Å². The predicted octanol–water partition coefficient (Wildman–Crippen LogP) is 2.78. The Hall–Kier alpha value is -2.56. The largest absolute Gasteiger partial charge is 0.469 e. The van der Waals surface area contributed by atoms with Crippen molar-refractivity contribution in [2.75, 3.05) is 5.32 Å². The van der Waals surface area contributed by atoms with Gasteiger partial charge in [0, 0.05) is 19.0 Å². The minimum absolute atomic E-state index is 0.145. The van der Waals surface area contributed by atoms with Crippen LogP contribution in [0.15, 0.2) is 47.1 Å². The number of hydrogen-bond acceptors (Lipinski definition) is 4. The Morgan fingerprint density at radius 1 is 1.20 bits per heavy atom. The zero-order valence-electron chi connectivity index (χ0n) is 11.1. The average Bonchev–Trinajstić information content (AvgIpc) is 2.91. The first-order valence-electron chi connectivity index (χ1n) is 6.24. The Bertz CT molecular complexity index is 572. The molecular weight excluding hydrogens is 258 g/mol. The Morgan fingerprint density at radius 2 is 1.95 bits per heavy atom. The van der Waals surface area contributed by atoms with Crippen LogP contribution in [0, 0.1) is 0 Å². The van der Waals surface area contributed by atoms with Gasteiger partial charge in [0.1, 0.15) is 11.5 Å². The smallest absolute Gasteiger partial charge is 0.311 e. The minimum atomic E-state index is -0.325. The van der Waals surface area contributed by atoms with Crippen molar-refractivity contribution in [1.82, 2.24) is 0 Å². The Morgan fingerprint density at radius 3 is 2.55 bits per heavy atom. The van der Waals surface area contributed by atoms with E-state index in [1.165, 1.54) is 6.92 Å². The maximum Gasteiger partial charge on any atom is 0.311 e. The summed E-state index contributed by atoms with van der Waals surface area (Å²) < 4.78 is 10.3. The molecule has 0 aliphatic rings. The molecule has 1 amide bonds. The molecule has 1 aromatic carbocycles. The van der Waals surface area contributed by atoms with Gasteiger partial charge < -0.3 is 14.5 Å². The highest BCUT2D eigenvalue weighted by Gasteiger charge is 2.07. The van der Waals surface area contributed by atoms with Crippen molar-refractivity contribution >= 4 is 17.6 Å². The first-order valence-corrected chi connectivity index (χ1v) is 6.24. The van der Waals surface area contributed by atoms with Crippen LogP contribution in [-0.4, -0.2) is 11.9 Å². The normalized spacial score (nSPS) is 10.1. The van der Waals surface area contributed by atoms with Gasteiger partial charge >= 0.3 is 5.97 Å². The zero-order chi connectivity index (χ0) is 14.4. The van der Waals surface area contributed by atoms with Crippen LogP contribution in [-0.2, 0) is 16.0 Å². The van der Waals surface area contributed by atoms with E-state index in [-0.39, 0.29) is 18.3 Å².